The van der Waals surface area contributed by atoms with E-state index in [1.165, 1.54) is 23.1 Å². The molecule has 0 spiro atoms. The van der Waals surface area contributed by atoms with Crippen LogP contribution in [0.25, 0.3) is 0 Å². The second kappa shape index (κ2) is 6.61. The molecule has 0 fully saturated rings. The molecular formula is C10H15N3O2S2. The molecule has 0 unspecified atom stereocenters. The lowest BCUT2D eigenvalue weighted by Gasteiger charge is -2.03. The molecule has 1 rings (SSSR count). The van der Waals surface area contributed by atoms with Gasteiger partial charge in [-0.3, -0.25) is 0 Å². The van der Waals surface area contributed by atoms with Crippen LogP contribution in [0, 0.1) is 0 Å². The second-order valence-corrected chi connectivity index (χ2v) is 5.67. The lowest BCUT2D eigenvalue weighted by atomic mass is 10.2. The van der Waals surface area contributed by atoms with Gasteiger partial charge in [-0.15, -0.1) is 10.2 Å². The van der Waals surface area contributed by atoms with E-state index >= 15 is 0 Å². The molecule has 0 aromatic carbocycles. The first-order chi connectivity index (χ1) is 8.04. The molecular weight excluding hydrogens is 258 g/mol. The summed E-state index contributed by atoms with van der Waals surface area (Å²) in [6, 6.07) is 0. The third kappa shape index (κ3) is 4.35. The van der Waals surface area contributed by atoms with Crippen molar-refractivity contribution < 1.29 is 9.90 Å². The number of hydrogen-bond acceptors (Lipinski definition) is 6. The number of carboxylic acids is 1. The molecule has 0 aliphatic carbocycles. The van der Waals surface area contributed by atoms with Gasteiger partial charge in [0, 0.05) is 25.4 Å². The van der Waals surface area contributed by atoms with E-state index in [0.717, 1.165) is 9.47 Å². The summed E-state index contributed by atoms with van der Waals surface area (Å²) in [5.41, 5.74) is 0.440. The van der Waals surface area contributed by atoms with Crippen molar-refractivity contribution in [2.75, 3.05) is 24.7 Å². The first-order valence-electron chi connectivity index (χ1n) is 5.10. The highest BCUT2D eigenvalue weighted by Gasteiger charge is 2.07. The van der Waals surface area contributed by atoms with Crippen molar-refractivity contribution in [2.45, 2.75) is 17.7 Å². The highest BCUT2D eigenvalue weighted by Crippen LogP contribution is 2.27. The summed E-state index contributed by atoms with van der Waals surface area (Å²) in [5, 5.41) is 17.7. The van der Waals surface area contributed by atoms with Crippen molar-refractivity contribution in [1.29, 1.82) is 0 Å². The third-order valence-electron chi connectivity index (χ3n) is 1.97. The summed E-state index contributed by atoms with van der Waals surface area (Å²) in [5.74, 6) is -0.239. The van der Waals surface area contributed by atoms with Gasteiger partial charge in [0.2, 0.25) is 5.13 Å². The SMILES string of the molecule is CCC(=CCSc1nnc(N(C)C)s1)C(=O)O. The summed E-state index contributed by atoms with van der Waals surface area (Å²) in [6.45, 7) is 1.83. The summed E-state index contributed by atoms with van der Waals surface area (Å²) in [7, 11) is 3.82. The number of anilines is 1. The van der Waals surface area contributed by atoms with Gasteiger partial charge in [-0.05, 0) is 6.42 Å². The number of hydrogen-bond donors (Lipinski definition) is 1. The maximum atomic E-state index is 10.8. The summed E-state index contributed by atoms with van der Waals surface area (Å²) in [4.78, 5) is 12.7. The summed E-state index contributed by atoms with van der Waals surface area (Å²) >= 11 is 3.00. The van der Waals surface area contributed by atoms with Gasteiger partial charge >= 0.3 is 5.97 Å². The van der Waals surface area contributed by atoms with Gasteiger partial charge in [0.25, 0.3) is 0 Å². The normalized spacial score (nSPS) is 11.6. The van der Waals surface area contributed by atoms with Crippen molar-refractivity contribution in [3.63, 3.8) is 0 Å². The molecule has 0 amide bonds. The van der Waals surface area contributed by atoms with Crippen LogP contribution in [0.1, 0.15) is 13.3 Å². The average molecular weight is 273 g/mol. The first-order valence-corrected chi connectivity index (χ1v) is 6.90. The largest absolute Gasteiger partial charge is 0.478 e. The van der Waals surface area contributed by atoms with Crippen LogP contribution >= 0.6 is 23.1 Å². The molecule has 0 bridgehead atoms. The minimum atomic E-state index is -0.848. The van der Waals surface area contributed by atoms with Gasteiger partial charge in [0.05, 0.1) is 0 Å². The molecule has 1 aromatic heterocycles. The third-order valence-corrected chi connectivity index (χ3v) is 4.12. The Kier molecular flexibility index (Phi) is 5.43. The number of aliphatic carboxylic acids is 1. The molecule has 0 aliphatic heterocycles. The minimum Gasteiger partial charge on any atom is -0.478 e. The number of rotatable bonds is 6. The second-order valence-electron chi connectivity index (χ2n) is 3.44. The van der Waals surface area contributed by atoms with Gasteiger partial charge in [0.1, 0.15) is 0 Å². The Morgan fingerprint density at radius 2 is 2.24 bits per heavy atom. The van der Waals surface area contributed by atoms with Crippen molar-refractivity contribution in [2.24, 2.45) is 0 Å². The van der Waals surface area contributed by atoms with E-state index in [2.05, 4.69) is 10.2 Å². The topological polar surface area (TPSA) is 66.3 Å². The van der Waals surface area contributed by atoms with Gasteiger partial charge in [-0.2, -0.15) is 0 Å². The van der Waals surface area contributed by atoms with Gasteiger partial charge in [0.15, 0.2) is 4.34 Å². The molecule has 1 aromatic rings. The van der Waals surface area contributed by atoms with Gasteiger partial charge < -0.3 is 10.0 Å². The van der Waals surface area contributed by atoms with E-state index in [-0.39, 0.29) is 0 Å². The molecule has 17 heavy (non-hydrogen) atoms. The Morgan fingerprint density at radius 1 is 1.53 bits per heavy atom. The van der Waals surface area contributed by atoms with Crippen LogP contribution in [-0.4, -0.2) is 41.1 Å². The van der Waals surface area contributed by atoms with Crippen LogP contribution in [0.5, 0.6) is 0 Å². The fourth-order valence-electron chi connectivity index (χ4n) is 1.04. The Hall–Kier alpha value is -1.08. The Labute approximate surface area is 109 Å². The molecule has 0 atom stereocenters. The van der Waals surface area contributed by atoms with E-state index in [1.54, 1.807) is 6.08 Å². The zero-order valence-electron chi connectivity index (χ0n) is 10.0. The Bertz CT molecular complexity index is 415. The number of thioether (sulfide) groups is 1. The van der Waals surface area contributed by atoms with Crippen LogP contribution in [-0.2, 0) is 4.79 Å². The maximum Gasteiger partial charge on any atom is 0.331 e. The first kappa shape index (κ1) is 14.0. The molecule has 5 nitrogen and oxygen atoms in total. The van der Waals surface area contributed by atoms with Crippen LogP contribution in [0.3, 0.4) is 0 Å². The molecule has 1 N–H and O–H groups in total. The zero-order valence-corrected chi connectivity index (χ0v) is 11.6. The standard InChI is InChI=1S/C10H15N3O2S2/c1-4-7(8(14)15)5-6-16-10-12-11-9(17-10)13(2)3/h5H,4,6H2,1-3H3,(H,14,15). The monoisotopic (exact) mass is 273 g/mol. The highest BCUT2D eigenvalue weighted by molar-refractivity contribution is 8.01. The van der Waals surface area contributed by atoms with Crippen LogP contribution < -0.4 is 4.90 Å². The predicted molar refractivity (Wildman–Crippen MR) is 71.0 cm³/mol. The fraction of sp³-hybridized carbons (Fsp3) is 0.500. The molecule has 94 valence electrons. The Balaban J connectivity index is 2.52. The van der Waals surface area contributed by atoms with Crippen molar-refractivity contribution in [1.82, 2.24) is 10.2 Å². The highest BCUT2D eigenvalue weighted by atomic mass is 32.2. The summed E-state index contributed by atoms with van der Waals surface area (Å²) in [6.07, 6.45) is 2.26. The molecule has 0 saturated carbocycles. The van der Waals surface area contributed by atoms with Gasteiger partial charge in [-0.1, -0.05) is 36.1 Å². The van der Waals surface area contributed by atoms with Crippen LogP contribution in [0.2, 0.25) is 0 Å². The van der Waals surface area contributed by atoms with E-state index < -0.39 is 5.97 Å². The lowest BCUT2D eigenvalue weighted by molar-refractivity contribution is -0.132. The predicted octanol–water partition coefficient (Wildman–Crippen LogP) is 2.12. The van der Waals surface area contributed by atoms with E-state index in [1.807, 2.05) is 25.9 Å². The quantitative estimate of drug-likeness (QED) is 0.632. The molecule has 0 radical (unpaired) electrons. The lowest BCUT2D eigenvalue weighted by Crippen LogP contribution is -2.07. The van der Waals surface area contributed by atoms with Crippen molar-refractivity contribution >= 4 is 34.2 Å². The van der Waals surface area contributed by atoms with E-state index in [4.69, 9.17) is 5.11 Å². The minimum absolute atomic E-state index is 0.440. The van der Waals surface area contributed by atoms with Crippen LogP contribution in [0.15, 0.2) is 16.0 Å². The van der Waals surface area contributed by atoms with Crippen molar-refractivity contribution in [3.8, 4) is 0 Å². The number of carbonyl (C=O) groups is 1. The summed E-state index contributed by atoms with van der Waals surface area (Å²) < 4.78 is 0.853. The van der Waals surface area contributed by atoms with Crippen molar-refractivity contribution in [3.05, 3.63) is 11.6 Å². The molecule has 7 heteroatoms. The van der Waals surface area contributed by atoms with E-state index in [0.29, 0.717) is 17.7 Å². The van der Waals surface area contributed by atoms with Gasteiger partial charge in [-0.25, -0.2) is 4.79 Å². The molecule has 0 saturated heterocycles. The maximum absolute atomic E-state index is 10.8. The van der Waals surface area contributed by atoms with E-state index in [9.17, 15) is 4.79 Å². The smallest absolute Gasteiger partial charge is 0.331 e. The molecule has 0 aliphatic rings. The molecule has 1 heterocycles. The average Bonchev–Trinajstić information content (AvgIpc) is 2.72. The number of carboxylic acid groups (broad SMARTS) is 1. The number of nitrogens with zero attached hydrogens (tertiary/aromatic N) is 3. The zero-order chi connectivity index (χ0) is 12.8. The fourth-order valence-corrected chi connectivity index (χ4v) is 2.73. The Morgan fingerprint density at radius 3 is 2.71 bits per heavy atom. The number of aromatic nitrogens is 2. The van der Waals surface area contributed by atoms with Crippen LogP contribution in [0.4, 0.5) is 5.13 Å².